The lowest BCUT2D eigenvalue weighted by Crippen LogP contribution is -2.14. The van der Waals surface area contributed by atoms with Crippen LogP contribution in [0.15, 0.2) is 83.1 Å². The van der Waals surface area contributed by atoms with E-state index in [1.54, 1.807) is 72.8 Å². The predicted molar refractivity (Wildman–Crippen MR) is 164 cm³/mol. The minimum Gasteiger partial charge on any atom is -0.486 e. The number of nitrogens with one attached hydrogen (secondary N) is 1. The first-order chi connectivity index (χ1) is 20.0. The van der Waals surface area contributed by atoms with Crippen LogP contribution in [-0.4, -0.2) is 31.7 Å². The molecule has 1 aromatic heterocycles. The second kappa shape index (κ2) is 13.6. The van der Waals surface area contributed by atoms with Gasteiger partial charge in [0.2, 0.25) is 0 Å². The lowest BCUT2D eigenvalue weighted by molar-refractivity contribution is 0.102. The summed E-state index contributed by atoms with van der Waals surface area (Å²) in [5.41, 5.74) is 2.57. The summed E-state index contributed by atoms with van der Waals surface area (Å²) in [4.78, 5) is 18.2. The number of sulfone groups is 1. The molecular formula is C32H33N3O5S2. The van der Waals surface area contributed by atoms with Crippen LogP contribution in [0.1, 0.15) is 53.8 Å². The van der Waals surface area contributed by atoms with E-state index in [4.69, 9.17) is 14.7 Å². The van der Waals surface area contributed by atoms with Crippen molar-refractivity contribution >= 4 is 32.8 Å². The number of nitrogens with zero attached hydrogens (tertiary/aromatic N) is 2. The molecular weight excluding hydrogens is 571 g/mol. The molecule has 3 aromatic carbocycles. The molecule has 0 bridgehead atoms. The number of benzene rings is 3. The SMILES string of the molecule is CC(C)(C)c1csc(COc2cccc(C(=O)Nc3cc(CCCS(=O)(=O)c4ccccc4)ccc3OCC#N)c2)n1. The van der Waals surface area contributed by atoms with Crippen molar-refractivity contribution in [3.63, 3.8) is 0 Å². The molecule has 10 heteroatoms. The van der Waals surface area contributed by atoms with Crippen LogP contribution in [-0.2, 0) is 28.3 Å². The Balaban J connectivity index is 1.43. The van der Waals surface area contributed by atoms with Crippen LogP contribution in [0.4, 0.5) is 5.69 Å². The second-order valence-corrected chi connectivity index (χ2v) is 13.7. The Morgan fingerprint density at radius 1 is 1.02 bits per heavy atom. The van der Waals surface area contributed by atoms with Gasteiger partial charge in [-0.25, -0.2) is 13.4 Å². The van der Waals surface area contributed by atoms with Gasteiger partial charge < -0.3 is 14.8 Å². The number of carbonyl (C=O) groups is 1. The Morgan fingerprint density at radius 2 is 1.81 bits per heavy atom. The summed E-state index contributed by atoms with van der Waals surface area (Å²) in [6.45, 7) is 6.43. The summed E-state index contributed by atoms with van der Waals surface area (Å²) in [6.07, 6.45) is 0.878. The van der Waals surface area contributed by atoms with Gasteiger partial charge in [0.1, 0.15) is 29.2 Å². The van der Waals surface area contributed by atoms with Crippen molar-refractivity contribution in [2.45, 2.75) is 50.5 Å². The topological polar surface area (TPSA) is 118 Å². The van der Waals surface area contributed by atoms with Gasteiger partial charge in [-0.15, -0.1) is 11.3 Å². The van der Waals surface area contributed by atoms with Crippen LogP contribution in [0.2, 0.25) is 0 Å². The van der Waals surface area contributed by atoms with Gasteiger partial charge in [-0.1, -0.05) is 51.1 Å². The molecule has 4 aromatic rings. The average molecular weight is 604 g/mol. The molecule has 1 N–H and O–H groups in total. The van der Waals surface area contributed by atoms with Crippen molar-refractivity contribution < 1.29 is 22.7 Å². The van der Waals surface area contributed by atoms with Gasteiger partial charge in [0.15, 0.2) is 16.4 Å². The van der Waals surface area contributed by atoms with Crippen LogP contribution in [0.25, 0.3) is 0 Å². The molecule has 0 saturated carbocycles. The maximum absolute atomic E-state index is 13.2. The van der Waals surface area contributed by atoms with Gasteiger partial charge in [0, 0.05) is 16.4 Å². The zero-order valence-electron chi connectivity index (χ0n) is 23.8. The lowest BCUT2D eigenvalue weighted by Gasteiger charge is -2.14. The molecule has 0 radical (unpaired) electrons. The fraction of sp³-hybridized carbons (Fsp3) is 0.281. The van der Waals surface area contributed by atoms with Crippen LogP contribution in [0, 0.1) is 11.3 Å². The summed E-state index contributed by atoms with van der Waals surface area (Å²) >= 11 is 1.54. The fourth-order valence-electron chi connectivity index (χ4n) is 4.07. The Kier molecular flexibility index (Phi) is 9.99. The van der Waals surface area contributed by atoms with Crippen molar-refractivity contribution in [2.24, 2.45) is 0 Å². The first-order valence-electron chi connectivity index (χ1n) is 13.4. The zero-order valence-corrected chi connectivity index (χ0v) is 25.4. The van der Waals surface area contributed by atoms with Gasteiger partial charge in [0.25, 0.3) is 5.91 Å². The largest absolute Gasteiger partial charge is 0.486 e. The number of hydrogen-bond donors (Lipinski definition) is 1. The molecule has 0 unspecified atom stereocenters. The molecule has 0 aliphatic carbocycles. The van der Waals surface area contributed by atoms with Crippen LogP contribution < -0.4 is 14.8 Å². The van der Waals surface area contributed by atoms with Crippen molar-refractivity contribution in [1.29, 1.82) is 5.26 Å². The molecule has 4 rings (SSSR count). The molecule has 42 heavy (non-hydrogen) atoms. The monoisotopic (exact) mass is 603 g/mol. The molecule has 0 spiro atoms. The van der Waals surface area contributed by atoms with Crippen molar-refractivity contribution in [1.82, 2.24) is 4.98 Å². The average Bonchev–Trinajstić information content (AvgIpc) is 3.46. The normalized spacial score (nSPS) is 11.5. The summed E-state index contributed by atoms with van der Waals surface area (Å²) in [5.74, 6) is 0.493. The number of anilines is 1. The summed E-state index contributed by atoms with van der Waals surface area (Å²) in [7, 11) is -3.39. The molecule has 1 amide bonds. The smallest absolute Gasteiger partial charge is 0.255 e. The Morgan fingerprint density at radius 3 is 2.52 bits per heavy atom. The molecule has 0 saturated heterocycles. The van der Waals surface area contributed by atoms with Gasteiger partial charge in [-0.2, -0.15) is 5.26 Å². The van der Waals surface area contributed by atoms with Gasteiger partial charge in [0.05, 0.1) is 22.0 Å². The van der Waals surface area contributed by atoms with Crippen molar-refractivity contribution in [3.05, 3.63) is 100 Å². The van der Waals surface area contributed by atoms with E-state index in [-0.39, 0.29) is 23.7 Å². The highest BCUT2D eigenvalue weighted by Gasteiger charge is 2.18. The van der Waals surface area contributed by atoms with E-state index in [0.29, 0.717) is 47.1 Å². The first-order valence-corrected chi connectivity index (χ1v) is 16.0. The summed E-state index contributed by atoms with van der Waals surface area (Å²) in [6, 6.07) is 22.4. The minimum atomic E-state index is -3.39. The van der Waals surface area contributed by atoms with Crippen LogP contribution >= 0.6 is 11.3 Å². The maximum atomic E-state index is 13.2. The lowest BCUT2D eigenvalue weighted by atomic mass is 9.93. The summed E-state index contributed by atoms with van der Waals surface area (Å²) in [5, 5.41) is 14.7. The van der Waals surface area contributed by atoms with E-state index >= 15 is 0 Å². The molecule has 8 nitrogen and oxygen atoms in total. The number of carbonyl (C=O) groups excluding carboxylic acids is 1. The van der Waals surface area contributed by atoms with E-state index in [1.807, 2.05) is 11.4 Å². The highest BCUT2D eigenvalue weighted by Crippen LogP contribution is 2.28. The van der Waals surface area contributed by atoms with E-state index in [9.17, 15) is 13.2 Å². The van der Waals surface area contributed by atoms with Gasteiger partial charge in [-0.3, -0.25) is 4.79 Å². The van der Waals surface area contributed by atoms with Crippen molar-refractivity contribution in [2.75, 3.05) is 17.7 Å². The molecule has 1 heterocycles. The Hall–Kier alpha value is -4.20. The van der Waals surface area contributed by atoms with Crippen LogP contribution in [0.5, 0.6) is 11.5 Å². The van der Waals surface area contributed by atoms with Gasteiger partial charge in [-0.05, 0) is 60.9 Å². The number of rotatable bonds is 12. The number of nitriles is 1. The minimum absolute atomic E-state index is 0.00328. The molecule has 0 aliphatic rings. The molecule has 218 valence electrons. The first kappa shape index (κ1) is 30.8. The predicted octanol–water partition coefficient (Wildman–Crippen LogP) is 6.58. The summed E-state index contributed by atoms with van der Waals surface area (Å²) < 4.78 is 36.7. The molecule has 0 fully saturated rings. The third-order valence-electron chi connectivity index (χ3n) is 6.34. The zero-order chi connectivity index (χ0) is 30.2. The molecule has 0 aliphatic heterocycles. The maximum Gasteiger partial charge on any atom is 0.255 e. The van der Waals surface area contributed by atoms with Crippen molar-refractivity contribution in [3.8, 4) is 17.6 Å². The Bertz CT molecular complexity index is 1670. The van der Waals surface area contributed by atoms with E-state index in [2.05, 4.69) is 31.1 Å². The third kappa shape index (κ3) is 8.41. The Labute approximate surface area is 250 Å². The molecule has 0 atom stereocenters. The van der Waals surface area contributed by atoms with Gasteiger partial charge >= 0.3 is 0 Å². The second-order valence-electron chi connectivity index (χ2n) is 10.7. The van der Waals surface area contributed by atoms with E-state index in [1.165, 1.54) is 11.3 Å². The highest BCUT2D eigenvalue weighted by molar-refractivity contribution is 7.91. The highest BCUT2D eigenvalue weighted by atomic mass is 32.2. The number of aryl methyl sites for hydroxylation is 1. The third-order valence-corrected chi connectivity index (χ3v) is 8.98. The quantitative estimate of drug-likeness (QED) is 0.194. The van der Waals surface area contributed by atoms with Crippen LogP contribution in [0.3, 0.4) is 0 Å². The number of aromatic nitrogens is 1. The van der Waals surface area contributed by atoms with E-state index < -0.39 is 9.84 Å². The van der Waals surface area contributed by atoms with E-state index in [0.717, 1.165) is 16.3 Å². The standard InChI is InChI=1S/C32H33N3O5S2/c1-32(2,3)29-22-41-30(35-29)21-40-25-11-7-10-24(20-25)31(36)34-27-19-23(14-15-28(27)39-17-16-33)9-8-18-42(37,38)26-12-5-4-6-13-26/h4-7,10-15,19-20,22H,8-9,17-18,21H2,1-3H3,(H,34,36). The number of thiazole rings is 1. The number of amides is 1. The fourth-order valence-corrected chi connectivity index (χ4v) is 6.33. The number of ether oxygens (including phenoxy) is 2. The number of hydrogen-bond acceptors (Lipinski definition) is 8.